The molecule has 0 saturated carbocycles. The molecule has 0 radical (unpaired) electrons. The second-order valence-corrected chi connectivity index (χ2v) is 11.0. The lowest BCUT2D eigenvalue weighted by molar-refractivity contribution is -0.130. The molecular formula is C36H38N6O7. The Morgan fingerprint density at radius 3 is 2.31 bits per heavy atom. The second-order valence-electron chi connectivity index (χ2n) is 11.0. The van der Waals surface area contributed by atoms with E-state index in [0.29, 0.717) is 58.4 Å². The van der Waals surface area contributed by atoms with Gasteiger partial charge in [0.15, 0.2) is 11.6 Å². The minimum atomic E-state index is -1.56. The number of carbonyl (C=O) groups excluding carboxylic acids is 1. The summed E-state index contributed by atoms with van der Waals surface area (Å²) in [7, 11) is 4.63. The Balaban J connectivity index is 1.55. The van der Waals surface area contributed by atoms with E-state index in [4.69, 9.17) is 33.8 Å². The van der Waals surface area contributed by atoms with Gasteiger partial charge in [-0.05, 0) is 35.4 Å². The number of rotatable bonds is 16. The molecule has 13 nitrogen and oxygen atoms in total. The number of aliphatic hydroxyl groups excluding tert-OH is 1. The van der Waals surface area contributed by atoms with Crippen LogP contribution in [-0.2, 0) is 22.5 Å². The van der Waals surface area contributed by atoms with Crippen LogP contribution in [0.2, 0.25) is 0 Å². The van der Waals surface area contributed by atoms with E-state index < -0.39 is 17.6 Å². The average molecular weight is 667 g/mol. The fourth-order valence-electron chi connectivity index (χ4n) is 5.59. The summed E-state index contributed by atoms with van der Waals surface area (Å²) in [5.41, 5.74) is 16.6. The van der Waals surface area contributed by atoms with Crippen molar-refractivity contribution in [3.05, 3.63) is 124 Å². The number of ether oxygens (including phenoxy) is 5. The number of methoxy groups -OCH3 is 3. The zero-order valence-corrected chi connectivity index (χ0v) is 27.5. The Morgan fingerprint density at radius 1 is 0.959 bits per heavy atom. The van der Waals surface area contributed by atoms with Crippen LogP contribution in [0.3, 0.4) is 0 Å². The third-order valence-corrected chi connectivity index (χ3v) is 8.00. The zero-order chi connectivity index (χ0) is 34.6. The topological polar surface area (TPSA) is 169 Å². The molecule has 5 rings (SSSR count). The summed E-state index contributed by atoms with van der Waals surface area (Å²) < 4.78 is 28.8. The van der Waals surface area contributed by atoms with E-state index in [-0.39, 0.29) is 25.5 Å². The number of azide groups is 1. The minimum Gasteiger partial charge on any atom is -0.496 e. The van der Waals surface area contributed by atoms with Gasteiger partial charge in [0, 0.05) is 59.9 Å². The van der Waals surface area contributed by atoms with E-state index in [9.17, 15) is 10.3 Å². The highest BCUT2D eigenvalue weighted by Gasteiger charge is 2.54. The summed E-state index contributed by atoms with van der Waals surface area (Å²) in [5, 5.41) is 13.0. The molecule has 49 heavy (non-hydrogen) atoms. The molecule has 0 aromatic heterocycles. The first-order valence-electron chi connectivity index (χ1n) is 15.6. The number of aliphatic hydroxyl groups is 1. The highest BCUT2D eigenvalue weighted by atomic mass is 16.5. The standard InChI is InChI=1S/C36H38N6O7/c1-45-27-20-31(46-2)29(32(21-27)47-3)23-38-41-35(44)36(22-24-10-5-4-6-11-24)33(28-12-7-8-13-30(28)40-42-37)49-34(39-36)25-14-16-26(17-15-25)48-19-9-18-43/h4-8,10-17,20-21,33,38,43H,9,18-19,22-23H2,1-3H3,(H,41,44)/t33-,36-/m0/s1. The third-order valence-electron chi connectivity index (χ3n) is 8.00. The number of hydrogen-bond donors (Lipinski definition) is 3. The van der Waals surface area contributed by atoms with Crippen molar-refractivity contribution in [3.63, 3.8) is 0 Å². The van der Waals surface area contributed by atoms with Crippen molar-refractivity contribution in [2.75, 3.05) is 34.5 Å². The number of hydrazine groups is 1. The van der Waals surface area contributed by atoms with Crippen molar-refractivity contribution >= 4 is 17.5 Å². The molecule has 1 aliphatic rings. The van der Waals surface area contributed by atoms with Gasteiger partial charge in [0.05, 0.1) is 33.5 Å². The first-order valence-corrected chi connectivity index (χ1v) is 15.6. The van der Waals surface area contributed by atoms with Crippen molar-refractivity contribution in [1.29, 1.82) is 0 Å². The fourth-order valence-corrected chi connectivity index (χ4v) is 5.59. The molecule has 1 heterocycles. The summed E-state index contributed by atoms with van der Waals surface area (Å²) in [6, 6.07) is 27.1. The van der Waals surface area contributed by atoms with Gasteiger partial charge in [0.25, 0.3) is 5.91 Å². The van der Waals surface area contributed by atoms with Gasteiger partial charge < -0.3 is 28.8 Å². The summed E-state index contributed by atoms with van der Waals surface area (Å²) in [6.45, 7) is 0.537. The van der Waals surface area contributed by atoms with Crippen LogP contribution in [0.4, 0.5) is 5.69 Å². The lowest BCUT2D eigenvalue weighted by atomic mass is 9.81. The number of benzene rings is 4. The van der Waals surface area contributed by atoms with Crippen LogP contribution < -0.4 is 29.8 Å². The number of nitrogens with one attached hydrogen (secondary N) is 2. The fraction of sp³-hybridized carbons (Fsp3) is 0.278. The van der Waals surface area contributed by atoms with Crippen LogP contribution in [0, 0.1) is 0 Å². The lowest BCUT2D eigenvalue weighted by Gasteiger charge is -2.31. The van der Waals surface area contributed by atoms with Crippen molar-refractivity contribution in [2.24, 2.45) is 10.1 Å². The van der Waals surface area contributed by atoms with E-state index in [1.807, 2.05) is 30.3 Å². The summed E-state index contributed by atoms with van der Waals surface area (Å²) in [6.07, 6.45) is -0.332. The van der Waals surface area contributed by atoms with Crippen LogP contribution in [0.1, 0.15) is 34.8 Å². The molecule has 3 N–H and O–H groups in total. The second kappa shape index (κ2) is 16.4. The normalized spacial score (nSPS) is 16.5. The van der Waals surface area contributed by atoms with E-state index in [0.717, 1.165) is 5.56 Å². The number of aliphatic imine (C=N–C) groups is 1. The summed E-state index contributed by atoms with van der Waals surface area (Å²) in [4.78, 5) is 22.7. The maximum atomic E-state index is 14.6. The Hall–Kier alpha value is -5.75. The Bertz CT molecular complexity index is 1790. The van der Waals surface area contributed by atoms with Crippen molar-refractivity contribution in [2.45, 2.75) is 31.0 Å². The molecule has 0 aliphatic carbocycles. The summed E-state index contributed by atoms with van der Waals surface area (Å²) in [5.74, 6) is 1.93. The van der Waals surface area contributed by atoms with Gasteiger partial charge in [-0.2, -0.15) is 0 Å². The lowest BCUT2D eigenvalue weighted by Crippen LogP contribution is -2.53. The molecule has 1 amide bonds. The monoisotopic (exact) mass is 666 g/mol. The molecule has 0 unspecified atom stereocenters. The Morgan fingerprint density at radius 2 is 1.65 bits per heavy atom. The molecule has 0 saturated heterocycles. The molecule has 4 aromatic carbocycles. The molecule has 254 valence electrons. The Kier molecular flexibility index (Phi) is 11.6. The highest BCUT2D eigenvalue weighted by Crippen LogP contribution is 2.45. The predicted molar refractivity (Wildman–Crippen MR) is 183 cm³/mol. The molecule has 1 aliphatic heterocycles. The van der Waals surface area contributed by atoms with Crippen molar-refractivity contribution < 1.29 is 33.6 Å². The van der Waals surface area contributed by atoms with Gasteiger partial charge in [-0.15, -0.1) is 0 Å². The van der Waals surface area contributed by atoms with E-state index in [2.05, 4.69) is 20.9 Å². The number of carbonyl (C=O) groups is 1. The van der Waals surface area contributed by atoms with Gasteiger partial charge >= 0.3 is 0 Å². The third kappa shape index (κ3) is 7.87. The van der Waals surface area contributed by atoms with Crippen molar-refractivity contribution in [1.82, 2.24) is 10.9 Å². The zero-order valence-electron chi connectivity index (χ0n) is 27.5. The summed E-state index contributed by atoms with van der Waals surface area (Å²) >= 11 is 0. The van der Waals surface area contributed by atoms with E-state index in [1.165, 1.54) is 14.2 Å². The largest absolute Gasteiger partial charge is 0.496 e. The molecular weight excluding hydrogens is 628 g/mol. The van der Waals surface area contributed by atoms with Crippen LogP contribution in [0.15, 0.2) is 101 Å². The smallest absolute Gasteiger partial charge is 0.266 e. The van der Waals surface area contributed by atoms with Gasteiger partial charge in [-0.25, -0.2) is 10.4 Å². The molecule has 0 spiro atoms. The quantitative estimate of drug-likeness (QED) is 0.0447. The molecule has 2 atom stereocenters. The van der Waals surface area contributed by atoms with Crippen LogP contribution in [-0.4, -0.2) is 57.0 Å². The SMILES string of the molecule is COc1cc(OC)c(CNNC(=O)[C@@]2(Cc3ccccc3)N=C(c3ccc(OCCCO)cc3)O[C@H]2c2ccccc2N=[N+]=[N-])c(OC)c1. The number of amides is 1. The first-order chi connectivity index (χ1) is 24.0. The number of hydrogen-bond acceptors (Lipinski definition) is 10. The molecule has 13 heteroatoms. The maximum Gasteiger partial charge on any atom is 0.266 e. The highest BCUT2D eigenvalue weighted by molar-refractivity contribution is 6.01. The van der Waals surface area contributed by atoms with E-state index in [1.54, 1.807) is 67.8 Å². The van der Waals surface area contributed by atoms with Crippen LogP contribution in [0.25, 0.3) is 10.4 Å². The number of nitrogens with zero attached hydrogens (tertiary/aromatic N) is 4. The van der Waals surface area contributed by atoms with Gasteiger partial charge in [-0.1, -0.05) is 59.7 Å². The van der Waals surface area contributed by atoms with Gasteiger partial charge in [0.2, 0.25) is 5.90 Å². The Labute approximate surface area is 284 Å². The van der Waals surface area contributed by atoms with Crippen LogP contribution >= 0.6 is 0 Å². The molecule has 4 aromatic rings. The van der Waals surface area contributed by atoms with E-state index >= 15 is 0 Å². The van der Waals surface area contributed by atoms with Crippen molar-refractivity contribution in [3.8, 4) is 23.0 Å². The predicted octanol–water partition coefficient (Wildman–Crippen LogP) is 5.74. The molecule has 0 bridgehead atoms. The minimum absolute atomic E-state index is 0.0308. The first kappa shape index (κ1) is 34.6. The molecule has 0 fully saturated rings. The van der Waals surface area contributed by atoms with Gasteiger partial charge in [-0.3, -0.25) is 10.2 Å². The maximum absolute atomic E-state index is 14.6. The van der Waals surface area contributed by atoms with Crippen LogP contribution in [0.5, 0.6) is 23.0 Å². The van der Waals surface area contributed by atoms with Gasteiger partial charge in [0.1, 0.15) is 23.0 Å². The average Bonchev–Trinajstić information content (AvgIpc) is 3.52.